The molecule has 3 aliphatic rings. The molecule has 0 saturated heterocycles. The van der Waals surface area contributed by atoms with Gasteiger partial charge in [-0.3, -0.25) is 0 Å². The Labute approximate surface area is 542 Å². The van der Waals surface area contributed by atoms with Crippen LogP contribution >= 0.6 is 0 Å². The van der Waals surface area contributed by atoms with Crippen LogP contribution in [0, 0.1) is 0 Å². The lowest BCUT2D eigenvalue weighted by Crippen LogP contribution is -1.99. The first-order valence-electron chi connectivity index (χ1n) is 32.8. The Morgan fingerprint density at radius 2 is 0.215 bits per heavy atom. The third-order valence-corrected chi connectivity index (χ3v) is 20.6. The van der Waals surface area contributed by atoms with Crippen molar-refractivity contribution in [3.63, 3.8) is 0 Å². The van der Waals surface area contributed by atoms with Gasteiger partial charge in [0.1, 0.15) is 0 Å². The zero-order valence-corrected chi connectivity index (χ0v) is 51.3. The van der Waals surface area contributed by atoms with Gasteiger partial charge in [0.05, 0.1) is 0 Å². The molecule has 19 rings (SSSR count). The molecule has 0 bridgehead atoms. The molecule has 0 atom stereocenters. The molecular weight excluding hydrogens is 1120 g/mol. The molecular formula is C93H60. The number of hydrogen-bond acceptors (Lipinski definition) is 0. The molecule has 0 amide bonds. The Hall–Kier alpha value is -11.7. The largest absolute Gasteiger partial charge is 0.0622 e. The van der Waals surface area contributed by atoms with Gasteiger partial charge in [-0.1, -0.05) is 328 Å². The van der Waals surface area contributed by atoms with E-state index in [1.807, 2.05) is 0 Å². The molecule has 0 fully saturated rings. The minimum Gasteiger partial charge on any atom is -0.0622 e. The normalized spacial score (nSPS) is 12.4. The smallest absolute Gasteiger partial charge is 0.0000205 e. The van der Waals surface area contributed by atoms with Crippen molar-refractivity contribution in [1.29, 1.82) is 0 Å². The van der Waals surface area contributed by atoms with Crippen LogP contribution in [-0.4, -0.2) is 0 Å². The van der Waals surface area contributed by atoms with Crippen LogP contribution in [0.1, 0.15) is 33.4 Å². The van der Waals surface area contributed by atoms with E-state index in [1.54, 1.807) is 0 Å². The van der Waals surface area contributed by atoms with Gasteiger partial charge >= 0.3 is 0 Å². The van der Waals surface area contributed by atoms with Crippen LogP contribution in [0.4, 0.5) is 0 Å². The highest BCUT2D eigenvalue weighted by Crippen LogP contribution is 2.64. The lowest BCUT2D eigenvalue weighted by atomic mass is 9.82. The summed E-state index contributed by atoms with van der Waals surface area (Å²) in [7, 11) is 0. The lowest BCUT2D eigenvalue weighted by Gasteiger charge is -2.21. The van der Waals surface area contributed by atoms with Crippen LogP contribution in [0.5, 0.6) is 0 Å². The molecule has 0 radical (unpaired) electrons. The SMILES string of the molecule is c1ccc(-c2ccc(-c3c(-c4ccc(-c5ccccc5)cc4)c4c5c6c3Cc3c(-c7ccc(-c8ccccc8)cc7)c(-c7ccc(-c8ccccc8)cc7)c7c(c36)c3c(c(-c6ccc(-c8ccccc8)cc6)c(-c6ccc(-c8ccccc8)cc6)c(c53)C4)C7)cc2)cc1. The van der Waals surface area contributed by atoms with Crippen LogP contribution in [0.15, 0.2) is 328 Å². The van der Waals surface area contributed by atoms with E-state index in [9.17, 15) is 0 Å². The predicted molar refractivity (Wildman–Crippen MR) is 393 cm³/mol. The van der Waals surface area contributed by atoms with E-state index in [0.29, 0.717) is 0 Å². The Kier molecular flexibility index (Phi) is 12.3. The molecule has 93 heavy (non-hydrogen) atoms. The van der Waals surface area contributed by atoms with Gasteiger partial charge in [-0.25, -0.2) is 0 Å². The van der Waals surface area contributed by atoms with Crippen LogP contribution in [-0.2, 0) is 19.3 Å². The summed E-state index contributed by atoms with van der Waals surface area (Å²) in [5, 5.41) is 8.67. The molecule has 0 heterocycles. The third kappa shape index (κ3) is 8.53. The zero-order chi connectivity index (χ0) is 61.1. The highest BCUT2D eigenvalue weighted by molar-refractivity contribution is 6.38. The fourth-order valence-electron chi connectivity index (χ4n) is 16.5. The molecule has 0 aliphatic heterocycles. The van der Waals surface area contributed by atoms with E-state index in [1.165, 1.54) is 199 Å². The molecule has 432 valence electrons. The van der Waals surface area contributed by atoms with Gasteiger partial charge in [-0.15, -0.1) is 0 Å². The van der Waals surface area contributed by atoms with E-state index in [4.69, 9.17) is 0 Å². The maximum atomic E-state index is 2.43. The molecule has 0 spiro atoms. The van der Waals surface area contributed by atoms with Crippen LogP contribution in [0.25, 0.3) is 166 Å². The molecule has 0 N–H and O–H groups in total. The van der Waals surface area contributed by atoms with Crippen molar-refractivity contribution in [3.8, 4) is 134 Å². The lowest BCUT2D eigenvalue weighted by molar-refractivity contribution is 1.24. The van der Waals surface area contributed by atoms with E-state index in [0.717, 1.165) is 19.3 Å². The Morgan fingerprint density at radius 1 is 0.108 bits per heavy atom. The number of hydrogen-bond donors (Lipinski definition) is 0. The van der Waals surface area contributed by atoms with Crippen molar-refractivity contribution in [2.45, 2.75) is 19.3 Å². The highest BCUT2D eigenvalue weighted by atomic mass is 14.4. The minimum absolute atomic E-state index is 0.793. The van der Waals surface area contributed by atoms with Crippen LogP contribution < -0.4 is 0 Å². The summed E-state index contributed by atoms with van der Waals surface area (Å²) in [4.78, 5) is 0. The van der Waals surface area contributed by atoms with Gasteiger partial charge in [0.25, 0.3) is 0 Å². The number of rotatable bonds is 12. The second-order valence-electron chi connectivity index (χ2n) is 25.6. The summed E-state index contributed by atoms with van der Waals surface area (Å²) in [5.41, 5.74) is 38.8. The van der Waals surface area contributed by atoms with Crippen LogP contribution in [0.2, 0.25) is 0 Å². The average Bonchev–Trinajstić information content (AvgIpc) is 1.49. The highest BCUT2D eigenvalue weighted by Gasteiger charge is 2.41. The van der Waals surface area contributed by atoms with Gasteiger partial charge in [-0.2, -0.15) is 0 Å². The van der Waals surface area contributed by atoms with Crippen molar-refractivity contribution < 1.29 is 0 Å². The minimum atomic E-state index is 0.793. The maximum absolute atomic E-state index is 2.43. The standard InChI is InChI=1S/C93H60/c1-7-19-58(20-8-1)64-31-43-70(44-32-64)82-76-55-78-84(72-47-35-66(36-48-72)60-23-11-3-12-24-60)86(74-51-39-68(40-52-74)62-27-15-5-16-28-62)80-57-81-87(75-53-41-69(42-54-75)63-29-17-6-18-30-63)85(73-49-37-67(38-50-73)61-25-13-4-14-26-61)79-56-77(89-88(76)90(78)92(80)93(81)91(79)89)83(82)71-45-33-65(34-46-71)59-21-9-2-10-22-59/h1-54H,55-57H2. The van der Waals surface area contributed by atoms with E-state index < -0.39 is 0 Å². The van der Waals surface area contributed by atoms with Gasteiger partial charge in [0.15, 0.2) is 0 Å². The molecule has 16 aromatic carbocycles. The molecule has 0 nitrogen and oxygen atoms in total. The maximum Gasteiger partial charge on any atom is -0.0000205 e. The summed E-state index contributed by atoms with van der Waals surface area (Å²) in [6.45, 7) is 0. The van der Waals surface area contributed by atoms with E-state index in [-0.39, 0.29) is 0 Å². The summed E-state index contributed by atoms with van der Waals surface area (Å²) in [5.74, 6) is 0. The fraction of sp³-hybridized carbons (Fsp3) is 0.0323. The summed E-state index contributed by atoms with van der Waals surface area (Å²) >= 11 is 0. The molecule has 3 aliphatic carbocycles. The molecule has 0 heteroatoms. The Balaban J connectivity index is 0.950. The van der Waals surface area contributed by atoms with Crippen LogP contribution in [0.3, 0.4) is 0 Å². The topological polar surface area (TPSA) is 0 Å². The van der Waals surface area contributed by atoms with Crippen molar-refractivity contribution >= 4 is 32.3 Å². The predicted octanol–water partition coefficient (Wildman–Crippen LogP) is 24.9. The van der Waals surface area contributed by atoms with Crippen molar-refractivity contribution in [3.05, 3.63) is 361 Å². The summed E-state index contributed by atoms with van der Waals surface area (Å²) in [6, 6.07) is 123. The first-order valence-corrected chi connectivity index (χ1v) is 32.8. The van der Waals surface area contributed by atoms with Gasteiger partial charge in [0, 0.05) is 0 Å². The van der Waals surface area contributed by atoms with Gasteiger partial charge in [-0.05, 0) is 218 Å². The van der Waals surface area contributed by atoms with Gasteiger partial charge < -0.3 is 0 Å². The Morgan fingerprint density at radius 3 is 0.344 bits per heavy atom. The molecule has 16 aromatic rings. The second kappa shape index (κ2) is 21.5. The molecule has 0 unspecified atom stereocenters. The first kappa shape index (κ1) is 53.2. The quantitative estimate of drug-likeness (QED) is 0.107. The fourth-order valence-corrected chi connectivity index (χ4v) is 16.5. The summed E-state index contributed by atoms with van der Waals surface area (Å²) in [6.07, 6.45) is 2.38. The van der Waals surface area contributed by atoms with E-state index >= 15 is 0 Å². The second-order valence-corrected chi connectivity index (χ2v) is 25.6. The first-order chi connectivity index (χ1) is 46.1. The average molecular weight is 1180 g/mol. The zero-order valence-electron chi connectivity index (χ0n) is 51.3. The van der Waals surface area contributed by atoms with Crippen molar-refractivity contribution in [2.24, 2.45) is 0 Å². The van der Waals surface area contributed by atoms with E-state index in [2.05, 4.69) is 328 Å². The molecule has 0 saturated carbocycles. The number of benzene rings is 16. The summed E-state index contributed by atoms with van der Waals surface area (Å²) < 4.78 is 0. The Bertz CT molecular complexity index is 4650. The van der Waals surface area contributed by atoms with Crippen molar-refractivity contribution in [2.75, 3.05) is 0 Å². The molecule has 0 aromatic heterocycles. The van der Waals surface area contributed by atoms with Gasteiger partial charge in [0.2, 0.25) is 0 Å². The van der Waals surface area contributed by atoms with Crippen molar-refractivity contribution in [1.82, 2.24) is 0 Å². The monoisotopic (exact) mass is 1180 g/mol. The third-order valence-electron chi connectivity index (χ3n) is 20.6.